The van der Waals surface area contributed by atoms with Crippen LogP contribution in [0.15, 0.2) is 66.3 Å². The summed E-state index contributed by atoms with van der Waals surface area (Å²) in [6, 6.07) is 15.8. The van der Waals surface area contributed by atoms with Gasteiger partial charge in [0.05, 0.1) is 4.88 Å². The summed E-state index contributed by atoms with van der Waals surface area (Å²) < 4.78 is 1.91. The summed E-state index contributed by atoms with van der Waals surface area (Å²) in [4.78, 5) is 30.1. The van der Waals surface area contributed by atoms with Crippen LogP contribution in [-0.2, 0) is 0 Å². The average molecular weight is 433 g/mol. The third-order valence-electron chi connectivity index (χ3n) is 4.48. The van der Waals surface area contributed by atoms with Gasteiger partial charge in [0.2, 0.25) is 0 Å². The summed E-state index contributed by atoms with van der Waals surface area (Å²) in [7, 11) is 0. The van der Waals surface area contributed by atoms with Crippen molar-refractivity contribution >= 4 is 34.7 Å². The van der Waals surface area contributed by atoms with Crippen LogP contribution in [0.1, 0.15) is 39.9 Å². The second kappa shape index (κ2) is 8.88. The van der Waals surface area contributed by atoms with Gasteiger partial charge in [0.15, 0.2) is 5.82 Å². The van der Waals surface area contributed by atoms with Crippen LogP contribution in [-0.4, -0.2) is 31.6 Å². The van der Waals surface area contributed by atoms with Crippen molar-refractivity contribution in [2.24, 2.45) is 0 Å². The van der Waals surface area contributed by atoms with Crippen molar-refractivity contribution < 1.29 is 9.59 Å². The molecule has 0 radical (unpaired) electrons. The predicted octanol–water partition coefficient (Wildman–Crippen LogP) is 4.49. The topological polar surface area (TPSA) is 102 Å². The maximum atomic E-state index is 12.8. The number of carbonyl (C=O) groups is 2. The van der Waals surface area contributed by atoms with Gasteiger partial charge in [-0.05, 0) is 55.6 Å². The van der Waals surface area contributed by atoms with Crippen LogP contribution in [0, 0.1) is 0 Å². The van der Waals surface area contributed by atoms with E-state index in [0.717, 1.165) is 0 Å². The molecule has 3 aromatic heterocycles. The average Bonchev–Trinajstić information content (AvgIpc) is 3.46. The highest BCUT2D eigenvalue weighted by atomic mass is 32.1. The van der Waals surface area contributed by atoms with Crippen molar-refractivity contribution in [2.45, 2.75) is 19.9 Å². The molecule has 4 aromatic rings. The Morgan fingerprint density at radius 2 is 1.84 bits per heavy atom. The summed E-state index contributed by atoms with van der Waals surface area (Å²) in [5, 5.41) is 15.5. The van der Waals surface area contributed by atoms with Crippen LogP contribution in [0.3, 0.4) is 0 Å². The van der Waals surface area contributed by atoms with Gasteiger partial charge >= 0.3 is 0 Å². The molecule has 0 saturated carbocycles. The Balaban J connectivity index is 1.50. The fourth-order valence-corrected chi connectivity index (χ4v) is 3.58. The normalized spacial score (nSPS) is 10.8. The quantitative estimate of drug-likeness (QED) is 0.467. The summed E-state index contributed by atoms with van der Waals surface area (Å²) in [5.74, 6) is 0.483. The van der Waals surface area contributed by atoms with Crippen molar-refractivity contribution in [1.29, 1.82) is 0 Å². The number of nitrogens with one attached hydrogen (secondary N) is 2. The van der Waals surface area contributed by atoms with Gasteiger partial charge in [-0.15, -0.1) is 21.5 Å². The van der Waals surface area contributed by atoms with E-state index in [1.807, 2.05) is 35.9 Å². The minimum Gasteiger partial charge on any atom is -0.321 e. The number of aromatic nitrogens is 4. The van der Waals surface area contributed by atoms with E-state index in [4.69, 9.17) is 0 Å². The molecule has 3 heterocycles. The maximum absolute atomic E-state index is 12.8. The molecule has 0 aliphatic rings. The van der Waals surface area contributed by atoms with E-state index in [2.05, 4.69) is 25.8 Å². The summed E-state index contributed by atoms with van der Waals surface area (Å²) in [6.45, 7) is 4.06. The Labute approximate surface area is 183 Å². The molecule has 0 unspecified atom stereocenters. The lowest BCUT2D eigenvalue weighted by molar-refractivity contribution is 0.101. The zero-order chi connectivity index (χ0) is 21.8. The highest BCUT2D eigenvalue weighted by Crippen LogP contribution is 2.20. The molecule has 31 heavy (non-hydrogen) atoms. The molecule has 4 rings (SSSR count). The number of amides is 2. The lowest BCUT2D eigenvalue weighted by atomic mass is 10.2. The third kappa shape index (κ3) is 4.67. The van der Waals surface area contributed by atoms with E-state index < -0.39 is 0 Å². The van der Waals surface area contributed by atoms with Gasteiger partial charge in [-0.3, -0.25) is 9.59 Å². The van der Waals surface area contributed by atoms with Crippen molar-refractivity contribution in [3.63, 3.8) is 0 Å². The number of anilines is 2. The second-order valence-corrected chi connectivity index (χ2v) is 7.98. The lowest BCUT2D eigenvalue weighted by Crippen LogP contribution is -2.15. The van der Waals surface area contributed by atoms with E-state index >= 15 is 0 Å². The monoisotopic (exact) mass is 432 g/mol. The lowest BCUT2D eigenvalue weighted by Gasteiger charge is -2.11. The minimum absolute atomic E-state index is 0.178. The minimum atomic E-state index is -0.331. The van der Waals surface area contributed by atoms with Crippen LogP contribution in [0.25, 0.3) is 11.5 Å². The molecule has 156 valence electrons. The van der Waals surface area contributed by atoms with Crippen LogP contribution >= 0.6 is 11.3 Å². The molecule has 0 spiro atoms. The van der Waals surface area contributed by atoms with E-state index in [1.165, 1.54) is 11.3 Å². The predicted molar refractivity (Wildman–Crippen MR) is 120 cm³/mol. The Bertz CT molecular complexity index is 1220. The van der Waals surface area contributed by atoms with Crippen LogP contribution in [0.5, 0.6) is 0 Å². The second-order valence-electron chi connectivity index (χ2n) is 7.03. The smallest absolute Gasteiger partial charge is 0.265 e. The number of rotatable bonds is 6. The largest absolute Gasteiger partial charge is 0.321 e. The zero-order valence-corrected chi connectivity index (χ0v) is 17.8. The van der Waals surface area contributed by atoms with Gasteiger partial charge in [-0.2, -0.15) is 0 Å². The zero-order valence-electron chi connectivity index (χ0n) is 16.9. The molecule has 2 N–H and O–H groups in total. The summed E-state index contributed by atoms with van der Waals surface area (Å²) in [5.41, 5.74) is 1.56. The van der Waals surface area contributed by atoms with Crippen LogP contribution in [0.4, 0.5) is 11.5 Å². The number of carbonyl (C=O) groups excluding carboxylic acids is 2. The Morgan fingerprint density at radius 1 is 1.00 bits per heavy atom. The number of thiophene rings is 1. The molecule has 0 atom stereocenters. The van der Waals surface area contributed by atoms with Crippen molar-refractivity contribution in [2.75, 3.05) is 10.6 Å². The standard InChI is InChI=1S/C22H20N6O2S/c1-14(2)28-13-23-27-20(28)17-8-4-10-19(25-17)26-21(29)15-6-3-7-16(12-15)24-22(30)18-9-5-11-31-18/h3-14H,1-2H3,(H,24,30)(H,25,26,29). The molecule has 9 heteroatoms. The fraction of sp³-hybridized carbons (Fsp3) is 0.136. The molecule has 0 saturated heterocycles. The molecular formula is C22H20N6O2S. The highest BCUT2D eigenvalue weighted by molar-refractivity contribution is 7.12. The Hall–Kier alpha value is -3.85. The number of hydrogen-bond donors (Lipinski definition) is 2. The Kier molecular flexibility index (Phi) is 5.85. The van der Waals surface area contributed by atoms with E-state index in [-0.39, 0.29) is 17.9 Å². The fourth-order valence-electron chi connectivity index (χ4n) is 2.96. The first kappa shape index (κ1) is 20.4. The first-order valence-electron chi connectivity index (χ1n) is 9.64. The molecule has 8 nitrogen and oxygen atoms in total. The van der Waals surface area contributed by atoms with Crippen LogP contribution < -0.4 is 10.6 Å². The first-order valence-corrected chi connectivity index (χ1v) is 10.5. The van der Waals surface area contributed by atoms with Gasteiger partial charge in [-0.1, -0.05) is 18.2 Å². The van der Waals surface area contributed by atoms with E-state index in [9.17, 15) is 9.59 Å². The van der Waals surface area contributed by atoms with Gasteiger partial charge < -0.3 is 15.2 Å². The van der Waals surface area contributed by atoms with Crippen molar-refractivity contribution in [1.82, 2.24) is 19.7 Å². The number of hydrogen-bond acceptors (Lipinski definition) is 6. The van der Waals surface area contributed by atoms with Gasteiger partial charge in [0.1, 0.15) is 17.8 Å². The number of pyridine rings is 1. The van der Waals surface area contributed by atoms with Crippen LogP contribution in [0.2, 0.25) is 0 Å². The first-order chi connectivity index (χ1) is 15.0. The van der Waals surface area contributed by atoms with Crippen molar-refractivity contribution in [3.8, 4) is 11.5 Å². The Morgan fingerprint density at radius 3 is 2.61 bits per heavy atom. The molecule has 0 fully saturated rings. The van der Waals surface area contributed by atoms with Gasteiger partial charge in [0.25, 0.3) is 11.8 Å². The van der Waals surface area contributed by atoms with Gasteiger partial charge in [-0.25, -0.2) is 4.98 Å². The van der Waals surface area contributed by atoms with Crippen molar-refractivity contribution in [3.05, 3.63) is 76.7 Å². The molecular weight excluding hydrogens is 412 g/mol. The number of benzene rings is 1. The molecule has 0 aliphatic carbocycles. The molecule has 0 bridgehead atoms. The summed E-state index contributed by atoms with van der Waals surface area (Å²) >= 11 is 1.35. The van der Waals surface area contributed by atoms with E-state index in [0.29, 0.717) is 33.5 Å². The highest BCUT2D eigenvalue weighted by Gasteiger charge is 2.14. The summed E-state index contributed by atoms with van der Waals surface area (Å²) in [6.07, 6.45) is 1.66. The molecule has 0 aliphatic heterocycles. The third-order valence-corrected chi connectivity index (χ3v) is 5.35. The SMILES string of the molecule is CC(C)n1cnnc1-c1cccc(NC(=O)c2cccc(NC(=O)c3cccs3)c2)n1. The molecule has 1 aromatic carbocycles. The van der Waals surface area contributed by atoms with Gasteiger partial charge in [0, 0.05) is 17.3 Å². The molecule has 2 amide bonds. The maximum Gasteiger partial charge on any atom is 0.265 e. The van der Waals surface area contributed by atoms with E-state index in [1.54, 1.807) is 48.8 Å². The number of nitrogens with zero attached hydrogens (tertiary/aromatic N) is 4.